The van der Waals surface area contributed by atoms with Crippen LogP contribution in [0.2, 0.25) is 0 Å². The molecule has 2 N–H and O–H groups in total. The summed E-state index contributed by atoms with van der Waals surface area (Å²) in [5.74, 6) is 1.33. The molecule has 2 heterocycles. The molecule has 0 aliphatic carbocycles. The van der Waals surface area contributed by atoms with E-state index in [-0.39, 0.29) is 0 Å². The highest BCUT2D eigenvalue weighted by molar-refractivity contribution is 5.69. The Morgan fingerprint density at radius 2 is 1.61 bits per heavy atom. The summed E-state index contributed by atoms with van der Waals surface area (Å²) in [5.41, 5.74) is 8.56. The van der Waals surface area contributed by atoms with Gasteiger partial charge in [0.1, 0.15) is 11.4 Å². The van der Waals surface area contributed by atoms with Gasteiger partial charge in [-0.05, 0) is 12.1 Å². The fraction of sp³-hybridized carbons (Fsp3) is 0. The smallest absolute Gasteiger partial charge is 0.263 e. The standard InChI is InChI=1S/C17H13N5O/c18-15-14(11-19-22(15)13-9-5-2-6-10-13)17-20-16(21-23-17)12-7-3-1-4-8-12/h1-11H,18H2. The average Bonchev–Trinajstić information content (AvgIpc) is 3.23. The summed E-state index contributed by atoms with van der Waals surface area (Å²) >= 11 is 0. The summed E-state index contributed by atoms with van der Waals surface area (Å²) in [6, 6.07) is 19.3. The number of nitrogen functional groups attached to an aromatic ring is 1. The number of para-hydroxylation sites is 1. The lowest BCUT2D eigenvalue weighted by Crippen LogP contribution is -2.01. The third kappa shape index (κ3) is 2.36. The van der Waals surface area contributed by atoms with Crippen LogP contribution >= 0.6 is 0 Å². The van der Waals surface area contributed by atoms with Gasteiger partial charge in [0.05, 0.1) is 11.9 Å². The highest BCUT2D eigenvalue weighted by Crippen LogP contribution is 2.28. The fourth-order valence-corrected chi connectivity index (χ4v) is 2.33. The molecule has 2 aromatic heterocycles. The Bertz CT molecular complexity index is 928. The Kier molecular flexibility index (Phi) is 3.12. The number of aromatic nitrogens is 4. The van der Waals surface area contributed by atoms with E-state index in [4.69, 9.17) is 10.3 Å². The van der Waals surface area contributed by atoms with Crippen molar-refractivity contribution in [3.8, 4) is 28.5 Å². The quantitative estimate of drug-likeness (QED) is 0.628. The molecule has 0 aliphatic rings. The van der Waals surface area contributed by atoms with Crippen molar-refractivity contribution in [2.75, 3.05) is 5.73 Å². The molecule has 0 aliphatic heterocycles. The topological polar surface area (TPSA) is 82.8 Å². The first-order valence-electron chi connectivity index (χ1n) is 7.11. The number of hydrogen-bond acceptors (Lipinski definition) is 5. The largest absolute Gasteiger partial charge is 0.383 e. The van der Waals surface area contributed by atoms with Crippen molar-refractivity contribution in [2.45, 2.75) is 0 Å². The molecule has 0 radical (unpaired) electrons. The van der Waals surface area contributed by atoms with Gasteiger partial charge in [-0.1, -0.05) is 53.7 Å². The number of benzene rings is 2. The van der Waals surface area contributed by atoms with Crippen LogP contribution in [0.15, 0.2) is 71.4 Å². The lowest BCUT2D eigenvalue weighted by atomic mass is 10.2. The van der Waals surface area contributed by atoms with Crippen LogP contribution in [0.5, 0.6) is 0 Å². The predicted molar refractivity (Wildman–Crippen MR) is 86.7 cm³/mol. The molecule has 0 spiro atoms. The first kappa shape index (κ1) is 13.3. The minimum Gasteiger partial charge on any atom is -0.383 e. The number of nitrogens with zero attached hydrogens (tertiary/aromatic N) is 4. The third-order valence-corrected chi connectivity index (χ3v) is 3.50. The van der Waals surface area contributed by atoms with Crippen LogP contribution in [-0.4, -0.2) is 19.9 Å². The lowest BCUT2D eigenvalue weighted by molar-refractivity contribution is 0.432. The van der Waals surface area contributed by atoms with Crippen LogP contribution in [0.1, 0.15) is 0 Å². The van der Waals surface area contributed by atoms with Crippen molar-refractivity contribution >= 4 is 5.82 Å². The summed E-state index contributed by atoms with van der Waals surface area (Å²) in [4.78, 5) is 4.41. The van der Waals surface area contributed by atoms with E-state index in [1.165, 1.54) is 0 Å². The van der Waals surface area contributed by atoms with E-state index in [1.807, 2.05) is 60.7 Å². The molecule has 0 bridgehead atoms. The Labute approximate surface area is 132 Å². The predicted octanol–water partition coefficient (Wildman–Crippen LogP) is 3.17. The van der Waals surface area contributed by atoms with Crippen LogP contribution in [0.4, 0.5) is 5.82 Å². The van der Waals surface area contributed by atoms with Crippen LogP contribution in [0.25, 0.3) is 28.5 Å². The van der Waals surface area contributed by atoms with E-state index in [2.05, 4.69) is 15.2 Å². The second-order valence-corrected chi connectivity index (χ2v) is 4.98. The SMILES string of the molecule is Nc1c(-c2nc(-c3ccccc3)no2)cnn1-c1ccccc1. The molecule has 0 saturated carbocycles. The summed E-state index contributed by atoms with van der Waals surface area (Å²) in [6.45, 7) is 0. The van der Waals surface area contributed by atoms with Gasteiger partial charge < -0.3 is 10.3 Å². The lowest BCUT2D eigenvalue weighted by Gasteiger charge is -2.03. The van der Waals surface area contributed by atoms with E-state index >= 15 is 0 Å². The first-order valence-corrected chi connectivity index (χ1v) is 7.11. The van der Waals surface area contributed by atoms with Crippen molar-refractivity contribution in [1.29, 1.82) is 0 Å². The van der Waals surface area contributed by atoms with Crippen molar-refractivity contribution in [2.24, 2.45) is 0 Å². The van der Waals surface area contributed by atoms with Gasteiger partial charge in [-0.2, -0.15) is 10.1 Å². The molecule has 4 aromatic rings. The number of anilines is 1. The maximum Gasteiger partial charge on any atom is 0.263 e. The second kappa shape index (κ2) is 5.42. The van der Waals surface area contributed by atoms with Gasteiger partial charge in [-0.25, -0.2) is 4.68 Å². The van der Waals surface area contributed by atoms with E-state index in [9.17, 15) is 0 Å². The van der Waals surface area contributed by atoms with Crippen LogP contribution < -0.4 is 5.73 Å². The second-order valence-electron chi connectivity index (χ2n) is 4.98. The zero-order valence-electron chi connectivity index (χ0n) is 12.1. The minimum atomic E-state index is 0.350. The fourth-order valence-electron chi connectivity index (χ4n) is 2.33. The molecule has 6 nitrogen and oxygen atoms in total. The molecular weight excluding hydrogens is 290 g/mol. The van der Waals surface area contributed by atoms with E-state index < -0.39 is 0 Å². The Morgan fingerprint density at radius 3 is 2.35 bits per heavy atom. The van der Waals surface area contributed by atoms with Crippen LogP contribution in [0, 0.1) is 0 Å². The summed E-state index contributed by atoms with van der Waals surface area (Å²) in [7, 11) is 0. The summed E-state index contributed by atoms with van der Waals surface area (Å²) < 4.78 is 6.98. The van der Waals surface area contributed by atoms with E-state index in [1.54, 1.807) is 10.9 Å². The van der Waals surface area contributed by atoms with Crippen molar-refractivity contribution in [3.63, 3.8) is 0 Å². The number of hydrogen-bond donors (Lipinski definition) is 1. The van der Waals surface area contributed by atoms with Crippen LogP contribution in [0.3, 0.4) is 0 Å². The minimum absolute atomic E-state index is 0.350. The van der Waals surface area contributed by atoms with Gasteiger partial charge in [0.25, 0.3) is 5.89 Å². The highest BCUT2D eigenvalue weighted by atomic mass is 16.5. The summed E-state index contributed by atoms with van der Waals surface area (Å²) in [5, 5.41) is 8.32. The molecule has 112 valence electrons. The monoisotopic (exact) mass is 303 g/mol. The summed E-state index contributed by atoms with van der Waals surface area (Å²) in [6.07, 6.45) is 1.63. The number of rotatable bonds is 3. The third-order valence-electron chi connectivity index (χ3n) is 3.50. The molecule has 0 amide bonds. The van der Waals surface area contributed by atoms with Gasteiger partial charge in [0.15, 0.2) is 0 Å². The van der Waals surface area contributed by atoms with Gasteiger partial charge in [-0.15, -0.1) is 0 Å². The Morgan fingerprint density at radius 1 is 0.913 bits per heavy atom. The molecule has 2 aromatic carbocycles. The Hall–Kier alpha value is -3.41. The highest BCUT2D eigenvalue weighted by Gasteiger charge is 2.17. The molecule has 4 rings (SSSR count). The maximum atomic E-state index is 6.19. The van der Waals surface area contributed by atoms with Crippen molar-refractivity contribution < 1.29 is 4.52 Å². The molecule has 0 unspecified atom stereocenters. The molecule has 0 saturated heterocycles. The Balaban J connectivity index is 1.73. The van der Waals surface area contributed by atoms with Gasteiger partial charge in [0.2, 0.25) is 5.82 Å². The van der Waals surface area contributed by atoms with Gasteiger partial charge in [0, 0.05) is 5.56 Å². The zero-order valence-corrected chi connectivity index (χ0v) is 12.1. The molecule has 23 heavy (non-hydrogen) atoms. The molecular formula is C17H13N5O. The number of nitrogens with two attached hydrogens (primary N) is 1. The van der Waals surface area contributed by atoms with Gasteiger partial charge >= 0.3 is 0 Å². The maximum absolute atomic E-state index is 6.19. The van der Waals surface area contributed by atoms with E-state index in [0.29, 0.717) is 23.1 Å². The van der Waals surface area contributed by atoms with Gasteiger partial charge in [-0.3, -0.25) is 0 Å². The first-order chi connectivity index (χ1) is 11.3. The molecule has 0 atom stereocenters. The average molecular weight is 303 g/mol. The zero-order chi connectivity index (χ0) is 15.6. The van der Waals surface area contributed by atoms with Crippen molar-refractivity contribution in [3.05, 3.63) is 66.9 Å². The normalized spacial score (nSPS) is 10.8. The van der Waals surface area contributed by atoms with Crippen LogP contribution in [-0.2, 0) is 0 Å². The van der Waals surface area contributed by atoms with Crippen molar-refractivity contribution in [1.82, 2.24) is 19.9 Å². The molecule has 0 fully saturated rings. The molecule has 6 heteroatoms. The van der Waals surface area contributed by atoms with E-state index in [0.717, 1.165) is 11.3 Å².